The molecule has 1 heterocycles. The summed E-state index contributed by atoms with van der Waals surface area (Å²) < 4.78 is 10.3. The molecule has 0 fully saturated rings. The number of benzene rings is 1. The van der Waals surface area contributed by atoms with Gasteiger partial charge in [-0.1, -0.05) is 12.1 Å². The van der Waals surface area contributed by atoms with E-state index < -0.39 is 0 Å². The summed E-state index contributed by atoms with van der Waals surface area (Å²) in [6.45, 7) is 2.10. The average molecular weight is 258 g/mol. The van der Waals surface area contributed by atoms with Gasteiger partial charge in [0.15, 0.2) is 0 Å². The summed E-state index contributed by atoms with van der Waals surface area (Å²) in [5, 5.41) is 3.39. The van der Waals surface area contributed by atoms with Crippen LogP contribution in [0.5, 0.6) is 11.6 Å². The average Bonchev–Trinajstić information content (AvgIpc) is 2.48. The van der Waals surface area contributed by atoms with Gasteiger partial charge >= 0.3 is 0 Å². The first-order valence-corrected chi connectivity index (χ1v) is 6.13. The Bertz CT molecular complexity index is 526. The molecule has 0 saturated heterocycles. The van der Waals surface area contributed by atoms with E-state index in [2.05, 4.69) is 23.3 Å². The lowest BCUT2D eigenvalue weighted by atomic mass is 10.1. The summed E-state index contributed by atoms with van der Waals surface area (Å²) in [4.78, 5) is 4.17. The van der Waals surface area contributed by atoms with Crippen LogP contribution in [0.1, 0.15) is 18.5 Å². The van der Waals surface area contributed by atoms with Crippen LogP contribution in [0, 0.1) is 0 Å². The van der Waals surface area contributed by atoms with E-state index in [-0.39, 0.29) is 6.04 Å². The fraction of sp³-hybridized carbons (Fsp3) is 0.267. The molecule has 19 heavy (non-hydrogen) atoms. The van der Waals surface area contributed by atoms with E-state index in [0.717, 1.165) is 17.0 Å². The molecule has 0 saturated carbocycles. The van der Waals surface area contributed by atoms with Gasteiger partial charge < -0.3 is 14.8 Å². The maximum absolute atomic E-state index is 5.23. The minimum absolute atomic E-state index is 0.172. The van der Waals surface area contributed by atoms with Crippen LogP contribution in [0.15, 0.2) is 42.6 Å². The monoisotopic (exact) mass is 258 g/mol. The topological polar surface area (TPSA) is 43.4 Å². The van der Waals surface area contributed by atoms with Crippen LogP contribution in [0.2, 0.25) is 0 Å². The molecular weight excluding hydrogens is 240 g/mol. The van der Waals surface area contributed by atoms with Gasteiger partial charge in [0, 0.05) is 12.1 Å². The van der Waals surface area contributed by atoms with Crippen molar-refractivity contribution in [1.82, 2.24) is 4.98 Å². The van der Waals surface area contributed by atoms with Crippen LogP contribution in [-0.2, 0) is 0 Å². The molecule has 1 N–H and O–H groups in total. The quantitative estimate of drug-likeness (QED) is 0.893. The molecular formula is C15H18N2O2. The molecule has 4 nitrogen and oxygen atoms in total. The Morgan fingerprint density at radius 2 is 1.95 bits per heavy atom. The third-order valence-electron chi connectivity index (χ3n) is 2.92. The highest BCUT2D eigenvalue weighted by atomic mass is 16.5. The van der Waals surface area contributed by atoms with E-state index in [4.69, 9.17) is 9.47 Å². The van der Waals surface area contributed by atoms with E-state index in [0.29, 0.717) is 5.88 Å². The number of hydrogen-bond donors (Lipinski definition) is 1. The molecule has 0 radical (unpaired) electrons. The molecule has 2 aromatic rings. The lowest BCUT2D eigenvalue weighted by molar-refractivity contribution is 0.398. The van der Waals surface area contributed by atoms with Crippen molar-refractivity contribution >= 4 is 5.69 Å². The van der Waals surface area contributed by atoms with Crippen molar-refractivity contribution in [3.8, 4) is 11.6 Å². The minimum Gasteiger partial charge on any atom is -0.497 e. The number of pyridine rings is 1. The summed E-state index contributed by atoms with van der Waals surface area (Å²) in [5.41, 5.74) is 2.12. The van der Waals surface area contributed by atoms with E-state index in [1.54, 1.807) is 20.4 Å². The van der Waals surface area contributed by atoms with Gasteiger partial charge in [0.05, 0.1) is 26.1 Å². The second-order valence-electron chi connectivity index (χ2n) is 4.23. The molecule has 1 aromatic heterocycles. The fourth-order valence-electron chi connectivity index (χ4n) is 1.83. The van der Waals surface area contributed by atoms with Gasteiger partial charge in [0.2, 0.25) is 5.88 Å². The molecule has 100 valence electrons. The summed E-state index contributed by atoms with van der Waals surface area (Å²) in [5.74, 6) is 1.47. The van der Waals surface area contributed by atoms with Crippen LogP contribution in [0.4, 0.5) is 5.69 Å². The van der Waals surface area contributed by atoms with Gasteiger partial charge in [-0.2, -0.15) is 0 Å². The van der Waals surface area contributed by atoms with Gasteiger partial charge in [-0.3, -0.25) is 0 Å². The number of methoxy groups -OCH3 is 2. The van der Waals surface area contributed by atoms with Gasteiger partial charge in [-0.25, -0.2) is 4.98 Å². The zero-order chi connectivity index (χ0) is 13.7. The van der Waals surface area contributed by atoms with E-state index in [1.807, 2.05) is 30.3 Å². The van der Waals surface area contributed by atoms with Gasteiger partial charge in [0.1, 0.15) is 5.75 Å². The molecule has 0 aliphatic carbocycles. The van der Waals surface area contributed by atoms with Crippen LogP contribution >= 0.6 is 0 Å². The zero-order valence-corrected chi connectivity index (χ0v) is 11.4. The maximum Gasteiger partial charge on any atom is 0.213 e. The second-order valence-corrected chi connectivity index (χ2v) is 4.23. The number of aromatic nitrogens is 1. The molecule has 1 aromatic carbocycles. The maximum atomic E-state index is 5.23. The van der Waals surface area contributed by atoms with Crippen molar-refractivity contribution in [3.05, 3.63) is 48.2 Å². The summed E-state index contributed by atoms with van der Waals surface area (Å²) in [6, 6.07) is 12.0. The Morgan fingerprint density at radius 1 is 1.11 bits per heavy atom. The third-order valence-corrected chi connectivity index (χ3v) is 2.92. The molecule has 0 spiro atoms. The Labute approximate surface area is 113 Å². The second kappa shape index (κ2) is 6.09. The number of ether oxygens (including phenoxy) is 2. The van der Waals surface area contributed by atoms with E-state index >= 15 is 0 Å². The number of anilines is 1. The molecule has 1 atom stereocenters. The highest BCUT2D eigenvalue weighted by Gasteiger charge is 2.06. The Balaban J connectivity index is 2.08. The Kier molecular flexibility index (Phi) is 4.23. The van der Waals surface area contributed by atoms with Crippen LogP contribution in [-0.4, -0.2) is 19.2 Å². The van der Waals surface area contributed by atoms with Gasteiger partial charge in [-0.15, -0.1) is 0 Å². The summed E-state index contributed by atoms with van der Waals surface area (Å²) in [6.07, 6.45) is 1.76. The Hall–Kier alpha value is -2.23. The first-order chi connectivity index (χ1) is 9.22. The zero-order valence-electron chi connectivity index (χ0n) is 11.4. The highest BCUT2D eigenvalue weighted by molar-refractivity contribution is 5.45. The molecule has 2 rings (SSSR count). The normalized spacial score (nSPS) is 11.7. The summed E-state index contributed by atoms with van der Waals surface area (Å²) >= 11 is 0. The largest absolute Gasteiger partial charge is 0.497 e. The molecule has 0 amide bonds. The SMILES string of the molecule is COc1cccc(C(C)Nc2ccc(OC)nc2)c1. The first-order valence-electron chi connectivity index (χ1n) is 6.13. The minimum atomic E-state index is 0.172. The molecule has 0 aliphatic heterocycles. The number of nitrogens with zero attached hydrogens (tertiary/aromatic N) is 1. The van der Waals surface area contributed by atoms with Crippen LogP contribution in [0.3, 0.4) is 0 Å². The first kappa shape index (κ1) is 13.2. The van der Waals surface area contributed by atoms with Gasteiger partial charge in [0.25, 0.3) is 0 Å². The van der Waals surface area contributed by atoms with Crippen LogP contribution < -0.4 is 14.8 Å². The van der Waals surface area contributed by atoms with Crippen molar-refractivity contribution in [2.24, 2.45) is 0 Å². The third kappa shape index (κ3) is 3.37. The molecule has 1 unspecified atom stereocenters. The van der Waals surface area contributed by atoms with E-state index in [9.17, 15) is 0 Å². The van der Waals surface area contributed by atoms with Gasteiger partial charge in [-0.05, 0) is 30.7 Å². The molecule has 0 aliphatic rings. The standard InChI is InChI=1S/C15H18N2O2/c1-11(12-5-4-6-14(9-12)18-2)17-13-7-8-15(19-3)16-10-13/h4-11,17H,1-3H3. The van der Waals surface area contributed by atoms with Crippen molar-refractivity contribution in [2.45, 2.75) is 13.0 Å². The predicted octanol–water partition coefficient (Wildman–Crippen LogP) is 3.27. The van der Waals surface area contributed by atoms with Crippen LogP contribution in [0.25, 0.3) is 0 Å². The Morgan fingerprint density at radius 3 is 2.58 bits per heavy atom. The molecule has 0 bridgehead atoms. The lowest BCUT2D eigenvalue weighted by Crippen LogP contribution is -2.07. The van der Waals surface area contributed by atoms with Crippen molar-refractivity contribution < 1.29 is 9.47 Å². The van der Waals surface area contributed by atoms with Crippen molar-refractivity contribution in [2.75, 3.05) is 19.5 Å². The summed E-state index contributed by atoms with van der Waals surface area (Å²) in [7, 11) is 3.28. The highest BCUT2D eigenvalue weighted by Crippen LogP contribution is 2.22. The van der Waals surface area contributed by atoms with Crippen molar-refractivity contribution in [1.29, 1.82) is 0 Å². The fourth-order valence-corrected chi connectivity index (χ4v) is 1.83. The number of nitrogens with one attached hydrogen (secondary N) is 1. The van der Waals surface area contributed by atoms with E-state index in [1.165, 1.54) is 0 Å². The predicted molar refractivity (Wildman–Crippen MR) is 75.8 cm³/mol. The lowest BCUT2D eigenvalue weighted by Gasteiger charge is -2.16. The smallest absolute Gasteiger partial charge is 0.213 e. The number of hydrogen-bond acceptors (Lipinski definition) is 4. The van der Waals surface area contributed by atoms with Crippen molar-refractivity contribution in [3.63, 3.8) is 0 Å². The number of rotatable bonds is 5. The molecule has 4 heteroatoms.